The van der Waals surface area contributed by atoms with Crippen LogP contribution in [-0.2, 0) is 23.4 Å². The lowest BCUT2D eigenvalue weighted by molar-refractivity contribution is -0.217. The van der Waals surface area contributed by atoms with Gasteiger partial charge in [0.1, 0.15) is 11.9 Å². The van der Waals surface area contributed by atoms with Gasteiger partial charge in [-0.25, -0.2) is 0 Å². The fraction of sp³-hybridized carbons (Fsp3) is 0.387. The van der Waals surface area contributed by atoms with E-state index in [2.05, 4.69) is 69.3 Å². The second-order valence-corrected chi connectivity index (χ2v) is 16.0. The second kappa shape index (κ2) is 11.1. The van der Waals surface area contributed by atoms with Crippen molar-refractivity contribution in [1.29, 1.82) is 0 Å². The first kappa shape index (κ1) is 28.0. The summed E-state index contributed by atoms with van der Waals surface area (Å²) in [5.74, 6) is -0.204. The maximum absolute atomic E-state index is 7.14. The van der Waals surface area contributed by atoms with Crippen molar-refractivity contribution in [3.63, 3.8) is 0 Å². The van der Waals surface area contributed by atoms with Crippen molar-refractivity contribution < 1.29 is 28.1 Å². The standard InChI is InChI=1S/C31H36O6SSi/c1-30(2,3)39(23-17-11-7-12-18-23,24-19-13-8-14-20-24)32-21-25-26(27-28(34-25)37-31(4,5)36-27)35-29(38)33-22-15-9-6-10-16-22/h6-20,25-28H,21H2,1-5H3/t25-,26?,27+,28+/m1/s1. The molecule has 0 saturated carbocycles. The molecular formula is C31H36O6SSi. The summed E-state index contributed by atoms with van der Waals surface area (Å²) in [6.07, 6.45) is -2.15. The van der Waals surface area contributed by atoms with E-state index in [0.717, 1.165) is 0 Å². The van der Waals surface area contributed by atoms with Crippen LogP contribution in [0.1, 0.15) is 34.6 Å². The number of para-hydroxylation sites is 1. The summed E-state index contributed by atoms with van der Waals surface area (Å²) in [5.41, 5.74) is 0. The van der Waals surface area contributed by atoms with Gasteiger partial charge in [0.2, 0.25) is 0 Å². The van der Waals surface area contributed by atoms with Gasteiger partial charge in [0, 0.05) is 12.2 Å². The van der Waals surface area contributed by atoms with Crippen LogP contribution in [0.15, 0.2) is 91.0 Å². The lowest BCUT2D eigenvalue weighted by Crippen LogP contribution is -2.67. The summed E-state index contributed by atoms with van der Waals surface area (Å²) in [7, 11) is -2.79. The molecule has 0 N–H and O–H groups in total. The fourth-order valence-electron chi connectivity index (χ4n) is 5.51. The highest BCUT2D eigenvalue weighted by molar-refractivity contribution is 7.79. The first-order valence-corrected chi connectivity index (χ1v) is 15.6. The van der Waals surface area contributed by atoms with E-state index in [4.69, 9.17) is 40.3 Å². The van der Waals surface area contributed by atoms with Crippen LogP contribution < -0.4 is 15.1 Å². The summed E-state index contributed by atoms with van der Waals surface area (Å²) in [4.78, 5) is 0. The smallest absolute Gasteiger partial charge is 0.358 e. The topological polar surface area (TPSA) is 55.4 Å². The Kier molecular flexibility index (Phi) is 7.97. The first-order valence-electron chi connectivity index (χ1n) is 13.3. The Bertz CT molecular complexity index is 1210. The van der Waals surface area contributed by atoms with Crippen molar-refractivity contribution in [3.05, 3.63) is 91.0 Å². The van der Waals surface area contributed by atoms with Gasteiger partial charge in [-0.2, -0.15) is 0 Å². The zero-order valence-corrected chi connectivity index (χ0v) is 24.9. The molecule has 0 aromatic heterocycles. The van der Waals surface area contributed by atoms with Crippen LogP contribution in [0.2, 0.25) is 5.04 Å². The number of ether oxygens (including phenoxy) is 5. The average Bonchev–Trinajstić information content (AvgIpc) is 3.37. The van der Waals surface area contributed by atoms with Crippen molar-refractivity contribution in [1.82, 2.24) is 0 Å². The van der Waals surface area contributed by atoms with Crippen LogP contribution in [0.5, 0.6) is 5.75 Å². The van der Waals surface area contributed by atoms with Crippen molar-refractivity contribution in [2.45, 2.75) is 70.0 Å². The van der Waals surface area contributed by atoms with Gasteiger partial charge in [0.15, 0.2) is 24.3 Å². The molecule has 4 atom stereocenters. The van der Waals surface area contributed by atoms with Gasteiger partial charge in [-0.05, 0) is 41.4 Å². The second-order valence-electron chi connectivity index (χ2n) is 11.4. The predicted molar refractivity (Wildman–Crippen MR) is 157 cm³/mol. The quantitative estimate of drug-likeness (QED) is 0.289. The van der Waals surface area contributed by atoms with E-state index in [1.54, 1.807) is 0 Å². The predicted octanol–water partition coefficient (Wildman–Crippen LogP) is 5.19. The molecule has 2 saturated heterocycles. The first-order chi connectivity index (χ1) is 18.6. The molecule has 3 aromatic rings. The highest BCUT2D eigenvalue weighted by Gasteiger charge is 2.58. The van der Waals surface area contributed by atoms with Gasteiger partial charge in [-0.15, -0.1) is 0 Å². The highest BCUT2D eigenvalue weighted by Crippen LogP contribution is 2.41. The third-order valence-corrected chi connectivity index (χ3v) is 12.3. The Morgan fingerprint density at radius 3 is 1.92 bits per heavy atom. The molecular weight excluding hydrogens is 528 g/mol. The van der Waals surface area contributed by atoms with Crippen LogP contribution in [0, 0.1) is 0 Å². The molecule has 3 aromatic carbocycles. The van der Waals surface area contributed by atoms with E-state index in [0.29, 0.717) is 5.75 Å². The number of fused-ring (bicyclic) bond motifs is 1. The van der Waals surface area contributed by atoms with E-state index >= 15 is 0 Å². The number of rotatable bonds is 7. The minimum absolute atomic E-state index is 0.000737. The molecule has 0 aliphatic carbocycles. The number of hydrogen-bond donors (Lipinski definition) is 0. The molecule has 5 rings (SSSR count). The normalized spacial score (nSPS) is 24.2. The zero-order chi connectivity index (χ0) is 27.7. The maximum atomic E-state index is 7.14. The van der Waals surface area contributed by atoms with Crippen LogP contribution >= 0.6 is 12.2 Å². The number of hydrogen-bond acceptors (Lipinski definition) is 7. The lowest BCUT2D eigenvalue weighted by atomic mass is 10.1. The van der Waals surface area contributed by atoms with Crippen molar-refractivity contribution >= 4 is 36.1 Å². The Balaban J connectivity index is 1.44. The van der Waals surface area contributed by atoms with Crippen LogP contribution in [0.4, 0.5) is 0 Å². The summed E-state index contributed by atoms with van der Waals surface area (Å²) in [6, 6.07) is 30.3. The summed E-state index contributed by atoms with van der Waals surface area (Å²) in [6.45, 7) is 10.7. The Hall–Kier alpha value is -2.59. The largest absolute Gasteiger partial charge is 0.447 e. The molecule has 0 radical (unpaired) electrons. The van der Waals surface area contributed by atoms with E-state index in [9.17, 15) is 0 Å². The van der Waals surface area contributed by atoms with Crippen LogP contribution in [0.3, 0.4) is 0 Å². The van der Waals surface area contributed by atoms with Crippen LogP contribution in [0.25, 0.3) is 0 Å². The van der Waals surface area contributed by atoms with E-state index in [1.807, 2.05) is 56.3 Å². The highest BCUT2D eigenvalue weighted by atomic mass is 32.1. The molecule has 206 valence electrons. The van der Waals surface area contributed by atoms with Gasteiger partial charge in [-0.3, -0.25) is 0 Å². The summed E-state index contributed by atoms with van der Waals surface area (Å²) >= 11 is 5.48. The molecule has 0 bridgehead atoms. The van der Waals surface area contributed by atoms with Gasteiger partial charge < -0.3 is 28.1 Å². The molecule has 2 fully saturated rings. The molecule has 2 aliphatic heterocycles. The van der Waals surface area contributed by atoms with E-state index < -0.39 is 38.7 Å². The molecule has 39 heavy (non-hydrogen) atoms. The third kappa shape index (κ3) is 5.82. The van der Waals surface area contributed by atoms with Crippen molar-refractivity contribution in [3.8, 4) is 5.75 Å². The molecule has 2 aliphatic rings. The van der Waals surface area contributed by atoms with Crippen molar-refractivity contribution in [2.24, 2.45) is 0 Å². The Morgan fingerprint density at radius 1 is 0.846 bits per heavy atom. The summed E-state index contributed by atoms with van der Waals surface area (Å²) < 4.78 is 37.8. The van der Waals surface area contributed by atoms with E-state index in [-0.39, 0.29) is 16.9 Å². The van der Waals surface area contributed by atoms with Gasteiger partial charge in [-0.1, -0.05) is 99.6 Å². The number of benzene rings is 3. The number of thiocarbonyl (C=S) groups is 1. The monoisotopic (exact) mass is 564 g/mol. The minimum atomic E-state index is -2.79. The molecule has 0 amide bonds. The fourth-order valence-corrected chi connectivity index (χ4v) is 10.3. The Morgan fingerprint density at radius 2 is 1.38 bits per heavy atom. The van der Waals surface area contributed by atoms with E-state index in [1.165, 1.54) is 10.4 Å². The third-order valence-electron chi connectivity index (χ3n) is 7.14. The van der Waals surface area contributed by atoms with Crippen LogP contribution in [-0.4, -0.2) is 50.6 Å². The van der Waals surface area contributed by atoms with Gasteiger partial charge in [0.05, 0.1) is 6.61 Å². The molecule has 2 heterocycles. The SMILES string of the molecule is CC1(C)O[C@@H]2O[C@H](CO[Si](c3ccccc3)(c3ccccc3)C(C)(C)C)C(OC(=S)Oc3ccccc3)[C@@H]2O1. The Labute approximate surface area is 237 Å². The average molecular weight is 565 g/mol. The lowest BCUT2D eigenvalue weighted by Gasteiger charge is -2.43. The minimum Gasteiger partial charge on any atom is -0.447 e. The van der Waals surface area contributed by atoms with Gasteiger partial charge in [0.25, 0.3) is 8.32 Å². The van der Waals surface area contributed by atoms with Gasteiger partial charge >= 0.3 is 5.24 Å². The summed E-state index contributed by atoms with van der Waals surface area (Å²) in [5, 5.41) is 2.20. The van der Waals surface area contributed by atoms with Crippen molar-refractivity contribution in [2.75, 3.05) is 6.61 Å². The molecule has 8 heteroatoms. The molecule has 1 unspecified atom stereocenters. The molecule has 0 spiro atoms. The molecule has 6 nitrogen and oxygen atoms in total. The zero-order valence-electron chi connectivity index (χ0n) is 23.0. The maximum Gasteiger partial charge on any atom is 0.358 e.